The third kappa shape index (κ3) is 7.08. The van der Waals surface area contributed by atoms with Crippen molar-refractivity contribution in [2.45, 2.75) is 78.2 Å². The number of nitrogens with zero attached hydrogens (tertiary/aromatic N) is 1. The van der Waals surface area contributed by atoms with Gasteiger partial charge in [-0.15, -0.1) is 0 Å². The van der Waals surface area contributed by atoms with Crippen molar-refractivity contribution in [2.24, 2.45) is 0 Å². The number of hydrogen-bond donors (Lipinski definition) is 1. The maximum Gasteiger partial charge on any atom is 0.318 e. The molecule has 224 valence electrons. The van der Waals surface area contributed by atoms with Crippen molar-refractivity contribution in [1.29, 1.82) is 0 Å². The molecule has 0 radical (unpaired) electrons. The third-order valence-corrected chi connectivity index (χ3v) is 8.03. The van der Waals surface area contributed by atoms with Crippen molar-refractivity contribution in [3.63, 3.8) is 0 Å². The summed E-state index contributed by atoms with van der Waals surface area (Å²) in [5, 5.41) is 3.03. The van der Waals surface area contributed by atoms with Crippen LogP contribution in [0.1, 0.15) is 86.7 Å². The Morgan fingerprint density at radius 3 is 2.27 bits per heavy atom. The molecule has 1 N–H and O–H groups in total. The Labute approximate surface area is 243 Å². The molecule has 2 aromatic rings. The first-order valence-corrected chi connectivity index (χ1v) is 14.1. The molecule has 2 atom stereocenters. The van der Waals surface area contributed by atoms with Crippen LogP contribution in [0.4, 0.5) is 4.79 Å². The zero-order valence-electron chi connectivity index (χ0n) is 25.5. The molecule has 1 unspecified atom stereocenters. The average Bonchev–Trinajstić information content (AvgIpc) is 2.93. The van der Waals surface area contributed by atoms with Gasteiger partial charge in [-0.1, -0.05) is 30.3 Å². The smallest absolute Gasteiger partial charge is 0.318 e. The molecule has 0 heterocycles. The molecule has 0 bridgehead atoms. The van der Waals surface area contributed by atoms with Gasteiger partial charge >= 0.3 is 6.03 Å². The van der Waals surface area contributed by atoms with Crippen molar-refractivity contribution < 1.29 is 33.3 Å². The fourth-order valence-electron chi connectivity index (χ4n) is 5.55. The molecule has 1 aliphatic carbocycles. The Balaban J connectivity index is 1.93. The summed E-state index contributed by atoms with van der Waals surface area (Å²) in [6.07, 6.45) is 0.620. The van der Waals surface area contributed by atoms with Crippen molar-refractivity contribution in [1.82, 2.24) is 10.2 Å². The number of hydrogen-bond acceptors (Lipinski definition) is 7. The van der Waals surface area contributed by atoms with Crippen molar-refractivity contribution in [3.05, 3.63) is 58.7 Å². The number of methoxy groups -OCH3 is 2. The molecule has 0 spiro atoms. The molecule has 9 nitrogen and oxygen atoms in total. The molecular weight excluding hydrogens is 524 g/mol. The number of urea groups is 1. The number of ether oxygens (including phenoxy) is 4. The summed E-state index contributed by atoms with van der Waals surface area (Å²) in [7, 11) is 3.00. The van der Waals surface area contributed by atoms with Crippen LogP contribution in [0.5, 0.6) is 11.5 Å². The lowest BCUT2D eigenvalue weighted by atomic mass is 9.71. The van der Waals surface area contributed by atoms with E-state index in [1.54, 1.807) is 11.0 Å². The lowest BCUT2D eigenvalue weighted by Crippen LogP contribution is -2.66. The second-order valence-electron chi connectivity index (χ2n) is 10.6. The predicted molar refractivity (Wildman–Crippen MR) is 157 cm³/mol. The largest absolute Gasteiger partial charge is 0.496 e. The van der Waals surface area contributed by atoms with Crippen LogP contribution in [0, 0.1) is 6.92 Å². The molecule has 41 heavy (non-hydrogen) atoms. The van der Waals surface area contributed by atoms with Crippen LogP contribution in [0.25, 0.3) is 0 Å². The molecule has 1 saturated carbocycles. The fraction of sp³-hybridized carbons (Fsp3) is 0.531. The predicted octanol–water partition coefficient (Wildman–Crippen LogP) is 5.59. The Morgan fingerprint density at radius 2 is 1.73 bits per heavy atom. The highest BCUT2D eigenvalue weighted by atomic mass is 16.5. The van der Waals surface area contributed by atoms with Gasteiger partial charge in [-0.3, -0.25) is 9.59 Å². The van der Waals surface area contributed by atoms with E-state index in [1.165, 1.54) is 28.1 Å². The first kappa shape index (κ1) is 32.1. The van der Waals surface area contributed by atoms with Gasteiger partial charge in [-0.05, 0) is 64.3 Å². The Hall–Kier alpha value is -3.43. The monoisotopic (exact) mass is 568 g/mol. The van der Waals surface area contributed by atoms with E-state index >= 15 is 0 Å². The van der Waals surface area contributed by atoms with Gasteiger partial charge in [0.1, 0.15) is 22.6 Å². The zero-order chi connectivity index (χ0) is 30.3. The molecule has 2 amide bonds. The topological polar surface area (TPSA) is 103 Å². The SMILES string of the molecule is CCOC1CC(NC(=O)N(CCO[C@@H](C)c2ccccc2)C(C)c2cc(OC)c(C(C)=O)c(OC)c2C)(C(C)=O)C1. The molecule has 1 aliphatic rings. The summed E-state index contributed by atoms with van der Waals surface area (Å²) in [4.78, 5) is 40.7. The van der Waals surface area contributed by atoms with Crippen molar-refractivity contribution in [2.75, 3.05) is 34.0 Å². The molecule has 2 aromatic carbocycles. The molecule has 0 saturated heterocycles. The maximum atomic E-state index is 13.9. The first-order valence-electron chi connectivity index (χ1n) is 14.1. The van der Waals surface area contributed by atoms with Crippen LogP contribution in [-0.2, 0) is 14.3 Å². The summed E-state index contributed by atoms with van der Waals surface area (Å²) in [5.74, 6) is 0.492. The number of nitrogens with one attached hydrogen (secondary N) is 1. The van der Waals surface area contributed by atoms with Gasteiger partial charge in [0.05, 0.1) is 39.1 Å². The lowest BCUT2D eigenvalue weighted by molar-refractivity contribution is -0.134. The van der Waals surface area contributed by atoms with E-state index in [9.17, 15) is 14.4 Å². The van der Waals surface area contributed by atoms with Gasteiger partial charge in [0.2, 0.25) is 0 Å². The molecule has 1 fully saturated rings. The molecule has 0 aliphatic heterocycles. The van der Waals surface area contributed by atoms with Gasteiger partial charge in [0, 0.05) is 26.0 Å². The number of amides is 2. The van der Waals surface area contributed by atoms with Crippen molar-refractivity contribution >= 4 is 17.6 Å². The number of carbonyl (C=O) groups excluding carboxylic acids is 3. The summed E-state index contributed by atoms with van der Waals surface area (Å²) in [5.41, 5.74) is 1.90. The van der Waals surface area contributed by atoms with Crippen LogP contribution in [0.3, 0.4) is 0 Å². The van der Waals surface area contributed by atoms with E-state index in [4.69, 9.17) is 18.9 Å². The highest BCUT2D eigenvalue weighted by Crippen LogP contribution is 2.40. The average molecular weight is 569 g/mol. The second-order valence-corrected chi connectivity index (χ2v) is 10.6. The lowest BCUT2D eigenvalue weighted by Gasteiger charge is -2.47. The van der Waals surface area contributed by atoms with E-state index in [0.29, 0.717) is 36.5 Å². The van der Waals surface area contributed by atoms with Crippen LogP contribution >= 0.6 is 0 Å². The number of carbonyl (C=O) groups is 3. The number of benzene rings is 2. The Kier molecular flexibility index (Phi) is 10.9. The minimum atomic E-state index is -0.976. The molecule has 3 rings (SSSR count). The van der Waals surface area contributed by atoms with Crippen LogP contribution < -0.4 is 14.8 Å². The molecular formula is C32H44N2O7. The van der Waals surface area contributed by atoms with E-state index in [0.717, 1.165) is 16.7 Å². The van der Waals surface area contributed by atoms with Gasteiger partial charge in [-0.25, -0.2) is 4.79 Å². The summed E-state index contributed by atoms with van der Waals surface area (Å²) < 4.78 is 23.0. The minimum Gasteiger partial charge on any atom is -0.496 e. The van der Waals surface area contributed by atoms with Gasteiger partial charge in [-0.2, -0.15) is 0 Å². The second kappa shape index (κ2) is 14.0. The highest BCUT2D eigenvalue weighted by Gasteiger charge is 2.50. The summed E-state index contributed by atoms with van der Waals surface area (Å²) >= 11 is 0. The van der Waals surface area contributed by atoms with Crippen LogP contribution in [-0.4, -0.2) is 68.1 Å². The molecule has 9 heteroatoms. The zero-order valence-corrected chi connectivity index (χ0v) is 25.5. The summed E-state index contributed by atoms with van der Waals surface area (Å²) in [6, 6.07) is 10.8. The number of rotatable bonds is 14. The molecule has 0 aromatic heterocycles. The van der Waals surface area contributed by atoms with Crippen molar-refractivity contribution in [3.8, 4) is 11.5 Å². The normalized spacial score (nSPS) is 19.5. The van der Waals surface area contributed by atoms with Gasteiger partial charge in [0.25, 0.3) is 0 Å². The number of ketones is 2. The minimum absolute atomic E-state index is 0.0694. The van der Waals surface area contributed by atoms with E-state index in [-0.39, 0.29) is 43.0 Å². The third-order valence-electron chi connectivity index (χ3n) is 8.03. The fourth-order valence-corrected chi connectivity index (χ4v) is 5.55. The highest BCUT2D eigenvalue weighted by molar-refractivity contribution is 6.00. The first-order chi connectivity index (χ1) is 19.5. The Bertz CT molecular complexity index is 1220. The van der Waals surface area contributed by atoms with E-state index in [2.05, 4.69) is 5.32 Å². The standard InChI is InChI=1S/C32H44N2O7/c1-9-40-26-18-32(19-26,24(6)36)33-31(37)34(15-16-41-23(5)25-13-11-10-12-14-25)21(3)27-17-28(38-7)29(22(4)35)30(39-8)20(27)2/h10-14,17,21,23,26H,9,15-16,18-19H2,1-8H3,(H,33,37)/t21?,23-,26?,32?/m0/s1. The van der Waals surface area contributed by atoms with Crippen LogP contribution in [0.15, 0.2) is 36.4 Å². The quantitative estimate of drug-likeness (QED) is 0.296. The van der Waals surface area contributed by atoms with E-state index < -0.39 is 11.6 Å². The van der Waals surface area contributed by atoms with Gasteiger partial charge in [0.15, 0.2) is 11.6 Å². The summed E-state index contributed by atoms with van der Waals surface area (Å²) in [6.45, 7) is 11.7. The van der Waals surface area contributed by atoms with Crippen LogP contribution in [0.2, 0.25) is 0 Å². The maximum absolute atomic E-state index is 13.9. The van der Waals surface area contributed by atoms with E-state index in [1.807, 2.05) is 58.0 Å². The number of Topliss-reactive ketones (excluding diaryl/α,β-unsaturated/α-hetero) is 2. The Morgan fingerprint density at radius 1 is 1.07 bits per heavy atom. The van der Waals surface area contributed by atoms with Gasteiger partial charge < -0.3 is 29.2 Å².